The molecule has 5 nitrogen and oxygen atoms in total. The van der Waals surface area contributed by atoms with E-state index in [-0.39, 0.29) is 5.56 Å². The quantitative estimate of drug-likeness (QED) is 0.796. The van der Waals surface area contributed by atoms with Gasteiger partial charge < -0.3 is 15.2 Å². The average Bonchev–Trinajstić information content (AvgIpc) is 3.05. The molecule has 1 saturated carbocycles. The zero-order valence-electron chi connectivity index (χ0n) is 9.85. The van der Waals surface area contributed by atoms with Gasteiger partial charge in [0, 0.05) is 31.0 Å². The molecule has 2 fully saturated rings. The van der Waals surface area contributed by atoms with E-state index in [1.165, 1.54) is 25.7 Å². The summed E-state index contributed by atoms with van der Waals surface area (Å²) < 4.78 is 0. The van der Waals surface area contributed by atoms with Gasteiger partial charge in [-0.15, -0.1) is 0 Å². The third kappa shape index (κ3) is 2.34. The Hall–Kier alpha value is -1.36. The van der Waals surface area contributed by atoms with Crippen molar-refractivity contribution in [2.24, 2.45) is 0 Å². The van der Waals surface area contributed by atoms with Gasteiger partial charge in [0.15, 0.2) is 5.82 Å². The molecular weight excluding hydrogens is 216 g/mol. The minimum absolute atomic E-state index is 0.0719. The number of nitrogens with zero attached hydrogens (tertiary/aromatic N) is 2. The molecular formula is C12H18N4O. The Morgan fingerprint density at radius 1 is 1.41 bits per heavy atom. The van der Waals surface area contributed by atoms with Gasteiger partial charge in [0.25, 0.3) is 5.56 Å². The second-order valence-electron chi connectivity index (χ2n) is 4.92. The van der Waals surface area contributed by atoms with Gasteiger partial charge in [-0.05, 0) is 32.2 Å². The number of nitrogens with one attached hydrogen (secondary N) is 2. The highest BCUT2D eigenvalue weighted by Crippen LogP contribution is 2.29. The molecule has 1 aromatic rings. The van der Waals surface area contributed by atoms with Crippen molar-refractivity contribution in [1.82, 2.24) is 15.3 Å². The maximum Gasteiger partial charge on any atom is 0.290 e. The van der Waals surface area contributed by atoms with Crippen molar-refractivity contribution in [2.75, 3.05) is 18.0 Å². The Labute approximate surface area is 100 Å². The summed E-state index contributed by atoms with van der Waals surface area (Å²) in [5.41, 5.74) is -0.0719. The normalized spacial score (nSPS) is 23.9. The summed E-state index contributed by atoms with van der Waals surface area (Å²) in [7, 11) is 0. The largest absolute Gasteiger partial charge is 0.347 e. The predicted octanol–water partition coefficient (Wildman–Crippen LogP) is 0.491. The van der Waals surface area contributed by atoms with Crippen LogP contribution in [-0.4, -0.2) is 35.1 Å². The molecule has 2 heterocycles. The first kappa shape index (κ1) is 10.8. The van der Waals surface area contributed by atoms with E-state index in [2.05, 4.69) is 20.2 Å². The molecule has 0 amide bonds. The fraction of sp³-hybridized carbons (Fsp3) is 0.667. The van der Waals surface area contributed by atoms with Crippen molar-refractivity contribution in [1.29, 1.82) is 0 Å². The highest BCUT2D eigenvalue weighted by atomic mass is 16.1. The average molecular weight is 234 g/mol. The topological polar surface area (TPSA) is 61.0 Å². The number of aromatic amines is 1. The van der Waals surface area contributed by atoms with Gasteiger partial charge >= 0.3 is 0 Å². The number of hydrogen-bond donors (Lipinski definition) is 2. The molecule has 3 rings (SSSR count). The molecule has 0 spiro atoms. The molecule has 1 aliphatic carbocycles. The molecule has 2 N–H and O–H groups in total. The minimum atomic E-state index is -0.0719. The van der Waals surface area contributed by atoms with E-state index < -0.39 is 0 Å². The van der Waals surface area contributed by atoms with Crippen LogP contribution >= 0.6 is 0 Å². The van der Waals surface area contributed by atoms with Crippen molar-refractivity contribution in [2.45, 2.75) is 37.8 Å². The molecule has 0 bridgehead atoms. The van der Waals surface area contributed by atoms with Crippen molar-refractivity contribution in [3.63, 3.8) is 0 Å². The molecule has 1 saturated heterocycles. The van der Waals surface area contributed by atoms with Crippen LogP contribution in [0, 0.1) is 0 Å². The van der Waals surface area contributed by atoms with Gasteiger partial charge in [-0.1, -0.05) is 0 Å². The van der Waals surface area contributed by atoms with Crippen LogP contribution in [0.3, 0.4) is 0 Å². The lowest BCUT2D eigenvalue weighted by molar-refractivity contribution is 0.574. The molecule has 1 aliphatic heterocycles. The van der Waals surface area contributed by atoms with Gasteiger partial charge in [0.1, 0.15) is 0 Å². The lowest BCUT2D eigenvalue weighted by atomic mass is 10.2. The number of hydrogen-bond acceptors (Lipinski definition) is 4. The summed E-state index contributed by atoms with van der Waals surface area (Å²) in [6.07, 6.45) is 8.06. The fourth-order valence-corrected chi connectivity index (χ4v) is 2.49. The standard InChI is InChI=1S/C12H18N4O/c17-12-11(14-6-7-15-12)16(10-3-4-10)8-9-2-1-5-13-9/h6-7,9-10,13H,1-5,8H2,(H,15,17). The number of aromatic nitrogens is 2. The summed E-state index contributed by atoms with van der Waals surface area (Å²) in [5.74, 6) is 0.587. The van der Waals surface area contributed by atoms with Crippen LogP contribution in [0.1, 0.15) is 25.7 Å². The summed E-state index contributed by atoms with van der Waals surface area (Å²) >= 11 is 0. The Morgan fingerprint density at radius 2 is 2.29 bits per heavy atom. The second-order valence-corrected chi connectivity index (χ2v) is 4.92. The van der Waals surface area contributed by atoms with E-state index in [9.17, 15) is 4.79 Å². The smallest absolute Gasteiger partial charge is 0.290 e. The van der Waals surface area contributed by atoms with Crippen LogP contribution in [0.5, 0.6) is 0 Å². The summed E-state index contributed by atoms with van der Waals surface area (Å²) in [4.78, 5) is 20.9. The first-order valence-corrected chi connectivity index (χ1v) is 6.38. The lowest BCUT2D eigenvalue weighted by Gasteiger charge is -2.25. The molecule has 2 aliphatic rings. The zero-order valence-corrected chi connectivity index (χ0v) is 9.85. The van der Waals surface area contributed by atoms with E-state index in [0.29, 0.717) is 17.9 Å². The maximum absolute atomic E-state index is 11.8. The summed E-state index contributed by atoms with van der Waals surface area (Å²) in [6.45, 7) is 2.01. The highest BCUT2D eigenvalue weighted by Gasteiger charge is 2.33. The van der Waals surface area contributed by atoms with E-state index in [0.717, 1.165) is 13.1 Å². The molecule has 1 atom stereocenters. The van der Waals surface area contributed by atoms with Gasteiger partial charge in [-0.25, -0.2) is 4.98 Å². The first-order valence-electron chi connectivity index (χ1n) is 6.38. The van der Waals surface area contributed by atoms with Crippen molar-refractivity contribution in [3.8, 4) is 0 Å². The minimum Gasteiger partial charge on any atom is -0.347 e. The molecule has 0 aromatic carbocycles. The molecule has 0 radical (unpaired) electrons. The van der Waals surface area contributed by atoms with Crippen LogP contribution in [0.4, 0.5) is 5.82 Å². The summed E-state index contributed by atoms with van der Waals surface area (Å²) in [5, 5.41) is 3.48. The van der Waals surface area contributed by atoms with Gasteiger partial charge in [0.2, 0.25) is 0 Å². The van der Waals surface area contributed by atoms with Crippen molar-refractivity contribution in [3.05, 3.63) is 22.7 Å². The van der Waals surface area contributed by atoms with Crippen LogP contribution in [0.15, 0.2) is 17.2 Å². The van der Waals surface area contributed by atoms with E-state index in [1.54, 1.807) is 12.4 Å². The monoisotopic (exact) mass is 234 g/mol. The fourth-order valence-electron chi connectivity index (χ4n) is 2.49. The third-order valence-corrected chi connectivity index (χ3v) is 3.53. The first-order chi connectivity index (χ1) is 8.34. The molecule has 17 heavy (non-hydrogen) atoms. The molecule has 92 valence electrons. The predicted molar refractivity (Wildman–Crippen MR) is 66.3 cm³/mol. The van der Waals surface area contributed by atoms with Gasteiger partial charge in [0.05, 0.1) is 0 Å². The van der Waals surface area contributed by atoms with Gasteiger partial charge in [-0.3, -0.25) is 4.79 Å². The lowest BCUT2D eigenvalue weighted by Crippen LogP contribution is -2.41. The summed E-state index contributed by atoms with van der Waals surface area (Å²) in [6, 6.07) is 1.03. The Bertz CT molecular complexity index is 434. The van der Waals surface area contributed by atoms with E-state index >= 15 is 0 Å². The van der Waals surface area contributed by atoms with Crippen LogP contribution in [0.2, 0.25) is 0 Å². The second kappa shape index (κ2) is 4.49. The molecule has 1 aromatic heterocycles. The Balaban J connectivity index is 1.79. The molecule has 1 unspecified atom stereocenters. The molecule has 5 heteroatoms. The zero-order chi connectivity index (χ0) is 11.7. The SMILES string of the molecule is O=c1[nH]ccnc1N(CC1CCCN1)C1CC1. The number of rotatable bonds is 4. The Morgan fingerprint density at radius 3 is 2.94 bits per heavy atom. The van der Waals surface area contributed by atoms with Crippen molar-refractivity contribution >= 4 is 5.82 Å². The maximum atomic E-state index is 11.8. The highest BCUT2D eigenvalue weighted by molar-refractivity contribution is 5.39. The van der Waals surface area contributed by atoms with Crippen molar-refractivity contribution < 1.29 is 0 Å². The van der Waals surface area contributed by atoms with E-state index in [1.807, 2.05) is 0 Å². The van der Waals surface area contributed by atoms with Crippen LogP contribution in [0.25, 0.3) is 0 Å². The van der Waals surface area contributed by atoms with Crippen LogP contribution in [-0.2, 0) is 0 Å². The third-order valence-electron chi connectivity index (χ3n) is 3.53. The van der Waals surface area contributed by atoms with Crippen LogP contribution < -0.4 is 15.8 Å². The number of H-pyrrole nitrogens is 1. The van der Waals surface area contributed by atoms with E-state index in [4.69, 9.17) is 0 Å². The Kier molecular flexibility index (Phi) is 2.84. The number of anilines is 1. The van der Waals surface area contributed by atoms with Gasteiger partial charge in [-0.2, -0.15) is 0 Å².